The van der Waals surface area contributed by atoms with Crippen LogP contribution in [0, 0.1) is 6.92 Å². The second kappa shape index (κ2) is 5.25. The van der Waals surface area contributed by atoms with Crippen LogP contribution in [0.2, 0.25) is 0 Å². The van der Waals surface area contributed by atoms with Gasteiger partial charge in [-0.2, -0.15) is 5.10 Å². The van der Waals surface area contributed by atoms with Gasteiger partial charge in [0.05, 0.1) is 11.7 Å². The zero-order valence-electron chi connectivity index (χ0n) is 11.4. The maximum Gasteiger partial charge on any atom is 0.0723 e. The minimum atomic E-state index is 0.755. The first-order chi connectivity index (χ1) is 9.65. The largest absolute Gasteiger partial charge is 0.380 e. The molecule has 0 saturated heterocycles. The Morgan fingerprint density at radius 1 is 1.30 bits per heavy atom. The first-order valence-corrected chi connectivity index (χ1v) is 7.20. The van der Waals surface area contributed by atoms with Crippen LogP contribution < -0.4 is 5.32 Å². The number of anilines is 1. The quantitative estimate of drug-likeness (QED) is 0.797. The molecular formula is C15H15BrN4. The number of nitrogens with zero attached hydrogens (tertiary/aromatic N) is 3. The van der Waals surface area contributed by atoms with E-state index in [4.69, 9.17) is 0 Å². The first kappa shape index (κ1) is 13.1. The molecule has 0 fully saturated rings. The fourth-order valence-corrected chi connectivity index (χ4v) is 2.54. The summed E-state index contributed by atoms with van der Waals surface area (Å²) < 4.78 is 2.94. The van der Waals surface area contributed by atoms with E-state index in [0.717, 1.165) is 27.6 Å². The van der Waals surface area contributed by atoms with Crippen molar-refractivity contribution in [2.45, 2.75) is 13.5 Å². The highest BCUT2D eigenvalue weighted by Crippen LogP contribution is 2.25. The molecule has 0 atom stereocenters. The Morgan fingerprint density at radius 3 is 2.90 bits per heavy atom. The lowest BCUT2D eigenvalue weighted by Crippen LogP contribution is -2.02. The number of hydrogen-bond donors (Lipinski definition) is 1. The predicted octanol–water partition coefficient (Wildman–Crippen LogP) is 3.65. The topological polar surface area (TPSA) is 42.7 Å². The Bertz CT molecular complexity index is 764. The SMILES string of the molecule is Cc1c(CNc2ccnc3ccc(Br)cc23)cnn1C. The molecule has 2 heterocycles. The van der Waals surface area contributed by atoms with Gasteiger partial charge in [-0.25, -0.2) is 0 Å². The van der Waals surface area contributed by atoms with Crippen LogP contribution in [-0.4, -0.2) is 14.8 Å². The van der Waals surface area contributed by atoms with Crippen molar-refractivity contribution in [3.8, 4) is 0 Å². The van der Waals surface area contributed by atoms with Gasteiger partial charge in [-0.05, 0) is 31.2 Å². The summed E-state index contributed by atoms with van der Waals surface area (Å²) in [7, 11) is 1.96. The Hall–Kier alpha value is -1.88. The van der Waals surface area contributed by atoms with Crippen LogP contribution in [0.4, 0.5) is 5.69 Å². The summed E-state index contributed by atoms with van der Waals surface area (Å²) in [6.45, 7) is 2.83. The van der Waals surface area contributed by atoms with Crippen molar-refractivity contribution in [2.75, 3.05) is 5.32 Å². The number of nitrogens with one attached hydrogen (secondary N) is 1. The number of fused-ring (bicyclic) bond motifs is 1. The third-order valence-corrected chi connectivity index (χ3v) is 4.00. The van der Waals surface area contributed by atoms with E-state index in [1.54, 1.807) is 0 Å². The number of benzene rings is 1. The maximum atomic E-state index is 4.38. The highest BCUT2D eigenvalue weighted by atomic mass is 79.9. The van der Waals surface area contributed by atoms with Gasteiger partial charge in [0, 0.05) is 46.6 Å². The number of hydrogen-bond acceptors (Lipinski definition) is 3. The van der Waals surface area contributed by atoms with Crippen molar-refractivity contribution in [1.82, 2.24) is 14.8 Å². The Balaban J connectivity index is 1.91. The van der Waals surface area contributed by atoms with Gasteiger partial charge in [-0.1, -0.05) is 15.9 Å². The van der Waals surface area contributed by atoms with Crippen molar-refractivity contribution in [3.05, 3.63) is 52.4 Å². The molecule has 1 N–H and O–H groups in total. The van der Waals surface area contributed by atoms with Crippen LogP contribution in [0.3, 0.4) is 0 Å². The van der Waals surface area contributed by atoms with E-state index in [0.29, 0.717) is 0 Å². The molecule has 0 aliphatic rings. The number of halogens is 1. The first-order valence-electron chi connectivity index (χ1n) is 6.41. The third-order valence-electron chi connectivity index (χ3n) is 3.51. The Morgan fingerprint density at radius 2 is 2.15 bits per heavy atom. The third kappa shape index (κ3) is 2.41. The molecule has 0 radical (unpaired) electrons. The predicted molar refractivity (Wildman–Crippen MR) is 84.7 cm³/mol. The highest BCUT2D eigenvalue weighted by molar-refractivity contribution is 9.10. The van der Waals surface area contributed by atoms with Crippen LogP contribution in [0.5, 0.6) is 0 Å². The van der Waals surface area contributed by atoms with Gasteiger partial charge in [-0.15, -0.1) is 0 Å². The lowest BCUT2D eigenvalue weighted by Gasteiger charge is -2.09. The molecule has 0 aliphatic carbocycles. The number of aromatic nitrogens is 3. The Kier molecular flexibility index (Phi) is 3.44. The van der Waals surface area contributed by atoms with Crippen molar-refractivity contribution in [1.29, 1.82) is 0 Å². The molecule has 0 aliphatic heterocycles. The summed E-state index contributed by atoms with van der Waals surface area (Å²) in [6, 6.07) is 8.10. The van der Waals surface area contributed by atoms with E-state index in [1.807, 2.05) is 42.3 Å². The monoisotopic (exact) mass is 330 g/mol. The molecule has 102 valence electrons. The Labute approximate surface area is 126 Å². The number of pyridine rings is 1. The second-order valence-electron chi connectivity index (χ2n) is 4.75. The number of aryl methyl sites for hydroxylation is 1. The van der Waals surface area contributed by atoms with E-state index in [-0.39, 0.29) is 0 Å². The second-order valence-corrected chi connectivity index (χ2v) is 5.67. The van der Waals surface area contributed by atoms with Crippen molar-refractivity contribution < 1.29 is 0 Å². The molecule has 3 aromatic rings. The molecule has 4 nitrogen and oxygen atoms in total. The minimum Gasteiger partial charge on any atom is -0.380 e. The van der Waals surface area contributed by atoms with Gasteiger partial charge in [0.2, 0.25) is 0 Å². The zero-order valence-corrected chi connectivity index (χ0v) is 13.0. The van der Waals surface area contributed by atoms with Gasteiger partial charge in [0.15, 0.2) is 0 Å². The van der Waals surface area contributed by atoms with Gasteiger partial charge >= 0.3 is 0 Å². The fraction of sp³-hybridized carbons (Fsp3) is 0.200. The van der Waals surface area contributed by atoms with Crippen LogP contribution in [0.25, 0.3) is 10.9 Å². The molecule has 20 heavy (non-hydrogen) atoms. The summed E-state index contributed by atoms with van der Waals surface area (Å²) in [4.78, 5) is 4.38. The van der Waals surface area contributed by atoms with E-state index in [9.17, 15) is 0 Å². The lowest BCUT2D eigenvalue weighted by atomic mass is 10.2. The average molecular weight is 331 g/mol. The van der Waals surface area contributed by atoms with Crippen LogP contribution in [0.1, 0.15) is 11.3 Å². The molecule has 0 unspecified atom stereocenters. The zero-order chi connectivity index (χ0) is 14.1. The molecule has 0 saturated carbocycles. The van der Waals surface area contributed by atoms with Gasteiger partial charge in [-0.3, -0.25) is 9.67 Å². The molecule has 0 spiro atoms. The van der Waals surface area contributed by atoms with Crippen molar-refractivity contribution in [3.63, 3.8) is 0 Å². The summed E-state index contributed by atoms with van der Waals surface area (Å²) in [6.07, 6.45) is 3.73. The van der Waals surface area contributed by atoms with E-state index >= 15 is 0 Å². The fourth-order valence-electron chi connectivity index (χ4n) is 2.18. The van der Waals surface area contributed by atoms with Crippen LogP contribution in [0.15, 0.2) is 41.1 Å². The molecular weight excluding hydrogens is 316 g/mol. The van der Waals surface area contributed by atoms with Crippen molar-refractivity contribution in [2.24, 2.45) is 7.05 Å². The molecule has 1 aromatic carbocycles. The van der Waals surface area contributed by atoms with Crippen LogP contribution >= 0.6 is 15.9 Å². The summed E-state index contributed by atoms with van der Waals surface area (Å²) in [5, 5.41) is 8.85. The lowest BCUT2D eigenvalue weighted by molar-refractivity contribution is 0.738. The van der Waals surface area contributed by atoms with E-state index < -0.39 is 0 Å². The summed E-state index contributed by atoms with van der Waals surface area (Å²) >= 11 is 3.51. The standard InChI is InChI=1S/C15H15BrN4/c1-10-11(9-19-20(10)2)8-18-15-5-6-17-14-4-3-12(16)7-13(14)15/h3-7,9H,8H2,1-2H3,(H,17,18). The van der Waals surface area contributed by atoms with Gasteiger partial charge in [0.1, 0.15) is 0 Å². The smallest absolute Gasteiger partial charge is 0.0723 e. The van der Waals surface area contributed by atoms with Crippen LogP contribution in [-0.2, 0) is 13.6 Å². The molecule has 0 amide bonds. The number of rotatable bonds is 3. The molecule has 3 rings (SSSR count). The van der Waals surface area contributed by atoms with E-state index in [2.05, 4.69) is 44.3 Å². The van der Waals surface area contributed by atoms with Gasteiger partial charge in [0.25, 0.3) is 0 Å². The maximum absolute atomic E-state index is 4.38. The normalized spacial score (nSPS) is 10.9. The summed E-state index contributed by atoms with van der Waals surface area (Å²) in [5.74, 6) is 0. The highest BCUT2D eigenvalue weighted by Gasteiger charge is 2.06. The van der Waals surface area contributed by atoms with E-state index in [1.165, 1.54) is 11.3 Å². The van der Waals surface area contributed by atoms with Crippen molar-refractivity contribution >= 4 is 32.5 Å². The molecule has 0 bridgehead atoms. The minimum absolute atomic E-state index is 0.755. The summed E-state index contributed by atoms with van der Waals surface area (Å²) in [5.41, 5.74) is 4.45. The van der Waals surface area contributed by atoms with Gasteiger partial charge < -0.3 is 5.32 Å². The molecule has 2 aromatic heterocycles. The average Bonchev–Trinajstić information content (AvgIpc) is 2.76. The molecule has 5 heteroatoms.